The number of carbonyl (C=O) groups excluding carboxylic acids is 2. The number of hydrogen-bond acceptors (Lipinski definition) is 3. The van der Waals surface area contributed by atoms with Crippen molar-refractivity contribution in [2.75, 3.05) is 13.1 Å². The Labute approximate surface area is 123 Å². The normalized spacial score (nSPS) is 14.3. The van der Waals surface area contributed by atoms with Crippen LogP contribution in [0.5, 0.6) is 0 Å². The molecule has 2 atom stereocenters. The Morgan fingerprint density at radius 2 is 1.65 bits per heavy atom. The van der Waals surface area contributed by atoms with E-state index in [0.29, 0.717) is 13.1 Å². The molecule has 20 heavy (non-hydrogen) atoms. The Balaban J connectivity index is 4.90. The predicted molar refractivity (Wildman–Crippen MR) is 80.5 cm³/mol. The summed E-state index contributed by atoms with van der Waals surface area (Å²) in [4.78, 5) is 26.1. The van der Waals surface area contributed by atoms with Gasteiger partial charge < -0.3 is 15.0 Å². The number of carbonyl (C=O) groups is 2. The first-order valence-corrected chi connectivity index (χ1v) is 7.44. The van der Waals surface area contributed by atoms with E-state index in [0.717, 1.165) is 6.42 Å². The summed E-state index contributed by atoms with van der Waals surface area (Å²) in [7, 11) is 0. The zero-order valence-corrected chi connectivity index (χ0v) is 13.9. The zero-order valence-electron chi connectivity index (χ0n) is 13.9. The molecule has 0 aliphatic heterocycles. The van der Waals surface area contributed by atoms with E-state index < -0.39 is 17.7 Å². The molecule has 0 rings (SSSR count). The van der Waals surface area contributed by atoms with E-state index in [4.69, 9.17) is 4.74 Å². The van der Waals surface area contributed by atoms with Crippen LogP contribution in [0.25, 0.3) is 0 Å². The summed E-state index contributed by atoms with van der Waals surface area (Å²) in [6.07, 6.45) is 0.274. The molecule has 0 radical (unpaired) electrons. The van der Waals surface area contributed by atoms with Crippen molar-refractivity contribution in [3.8, 4) is 0 Å². The van der Waals surface area contributed by atoms with Gasteiger partial charge in [0.05, 0.1) is 0 Å². The maximum absolute atomic E-state index is 12.5. The van der Waals surface area contributed by atoms with Crippen LogP contribution in [0.1, 0.15) is 54.9 Å². The fraction of sp³-hybridized carbons (Fsp3) is 0.867. The summed E-state index contributed by atoms with van der Waals surface area (Å²) in [5.74, 6) is 0.0193. The van der Waals surface area contributed by atoms with Gasteiger partial charge in [0.2, 0.25) is 5.91 Å². The third kappa shape index (κ3) is 6.26. The minimum Gasteiger partial charge on any atom is -0.444 e. The third-order valence-electron chi connectivity index (χ3n) is 3.23. The van der Waals surface area contributed by atoms with Gasteiger partial charge in [0, 0.05) is 13.1 Å². The van der Waals surface area contributed by atoms with E-state index in [1.807, 2.05) is 27.7 Å². The molecule has 0 saturated carbocycles. The maximum Gasteiger partial charge on any atom is 0.408 e. The van der Waals surface area contributed by atoms with Gasteiger partial charge in [-0.15, -0.1) is 0 Å². The number of rotatable bonds is 6. The number of amides is 2. The maximum atomic E-state index is 12.5. The van der Waals surface area contributed by atoms with Crippen molar-refractivity contribution in [2.45, 2.75) is 66.5 Å². The molecule has 0 aliphatic carbocycles. The molecule has 0 spiro atoms. The van der Waals surface area contributed by atoms with Gasteiger partial charge in [0.1, 0.15) is 11.6 Å². The molecule has 118 valence electrons. The first-order valence-electron chi connectivity index (χ1n) is 7.44. The van der Waals surface area contributed by atoms with Gasteiger partial charge >= 0.3 is 6.09 Å². The van der Waals surface area contributed by atoms with Crippen molar-refractivity contribution in [3.05, 3.63) is 0 Å². The highest BCUT2D eigenvalue weighted by Crippen LogP contribution is 2.13. The van der Waals surface area contributed by atoms with Crippen molar-refractivity contribution < 1.29 is 14.3 Å². The van der Waals surface area contributed by atoms with Crippen molar-refractivity contribution in [1.82, 2.24) is 10.2 Å². The quantitative estimate of drug-likeness (QED) is 0.817. The van der Waals surface area contributed by atoms with Crippen LogP contribution in [0.4, 0.5) is 4.79 Å². The Morgan fingerprint density at radius 1 is 1.15 bits per heavy atom. The second-order valence-electron chi connectivity index (χ2n) is 6.02. The second kappa shape index (κ2) is 8.12. The van der Waals surface area contributed by atoms with E-state index in [9.17, 15) is 9.59 Å². The Morgan fingerprint density at radius 3 is 2.00 bits per heavy atom. The molecule has 0 aromatic rings. The average molecular weight is 286 g/mol. The molecule has 0 aliphatic rings. The van der Waals surface area contributed by atoms with Crippen molar-refractivity contribution >= 4 is 12.0 Å². The van der Waals surface area contributed by atoms with E-state index >= 15 is 0 Å². The van der Waals surface area contributed by atoms with Crippen LogP contribution >= 0.6 is 0 Å². The molecule has 0 bridgehead atoms. The van der Waals surface area contributed by atoms with E-state index in [2.05, 4.69) is 5.32 Å². The summed E-state index contributed by atoms with van der Waals surface area (Å²) < 4.78 is 5.24. The molecule has 1 N–H and O–H groups in total. The summed E-state index contributed by atoms with van der Waals surface area (Å²) in [5, 5.41) is 2.72. The highest BCUT2D eigenvalue weighted by molar-refractivity contribution is 5.86. The smallest absolute Gasteiger partial charge is 0.408 e. The summed E-state index contributed by atoms with van der Waals surface area (Å²) in [6.45, 7) is 14.5. The minimum absolute atomic E-state index is 0.0461. The van der Waals surface area contributed by atoms with Crippen molar-refractivity contribution in [2.24, 2.45) is 5.92 Å². The molecule has 5 nitrogen and oxygen atoms in total. The van der Waals surface area contributed by atoms with E-state index in [-0.39, 0.29) is 11.8 Å². The molecule has 5 heteroatoms. The molecule has 0 fully saturated rings. The average Bonchev–Trinajstić information content (AvgIpc) is 2.34. The zero-order chi connectivity index (χ0) is 15.9. The highest BCUT2D eigenvalue weighted by Gasteiger charge is 2.30. The SMILES string of the molecule is CCC(C)[C@@H](NC(=O)OC(C)(C)C)C(=O)N(CC)CC. The molecule has 1 unspecified atom stereocenters. The van der Waals surface area contributed by atoms with Gasteiger partial charge in [-0.3, -0.25) is 4.79 Å². The number of nitrogens with one attached hydrogen (secondary N) is 1. The highest BCUT2D eigenvalue weighted by atomic mass is 16.6. The number of hydrogen-bond donors (Lipinski definition) is 1. The lowest BCUT2D eigenvalue weighted by Crippen LogP contribution is -2.52. The van der Waals surface area contributed by atoms with Gasteiger partial charge in [0.25, 0.3) is 0 Å². The van der Waals surface area contributed by atoms with Gasteiger partial charge in [-0.2, -0.15) is 0 Å². The minimum atomic E-state index is -0.567. The predicted octanol–water partition coefficient (Wildman–Crippen LogP) is 2.79. The second-order valence-corrected chi connectivity index (χ2v) is 6.02. The number of alkyl carbamates (subject to hydrolysis) is 1. The fourth-order valence-electron chi connectivity index (χ4n) is 1.85. The third-order valence-corrected chi connectivity index (χ3v) is 3.23. The van der Waals surface area contributed by atoms with Crippen LogP contribution in [0.3, 0.4) is 0 Å². The van der Waals surface area contributed by atoms with Crippen LogP contribution in [0, 0.1) is 5.92 Å². The van der Waals surface area contributed by atoms with Crippen LogP contribution in [-0.4, -0.2) is 41.6 Å². The molecule has 0 heterocycles. The van der Waals surface area contributed by atoms with Gasteiger partial charge in [-0.25, -0.2) is 4.79 Å². The molecule has 0 saturated heterocycles. The Kier molecular flexibility index (Phi) is 7.61. The lowest BCUT2D eigenvalue weighted by molar-refractivity contribution is -0.134. The number of nitrogens with zero attached hydrogens (tertiary/aromatic N) is 1. The van der Waals surface area contributed by atoms with Crippen molar-refractivity contribution in [3.63, 3.8) is 0 Å². The van der Waals surface area contributed by atoms with E-state index in [1.54, 1.807) is 25.7 Å². The Hall–Kier alpha value is -1.26. The van der Waals surface area contributed by atoms with Crippen molar-refractivity contribution in [1.29, 1.82) is 0 Å². The Bertz CT molecular complexity index is 320. The molecule has 2 amide bonds. The lowest BCUT2D eigenvalue weighted by atomic mass is 9.98. The van der Waals surface area contributed by atoms with Crippen LogP contribution in [0.2, 0.25) is 0 Å². The first-order chi connectivity index (χ1) is 9.16. The standard InChI is InChI=1S/C15H30N2O3/c1-8-11(4)12(13(18)17(9-2)10-3)16-14(19)20-15(5,6)7/h11-12H,8-10H2,1-7H3,(H,16,19)/t11?,12-/m1/s1. The lowest BCUT2D eigenvalue weighted by Gasteiger charge is -2.30. The molecule has 0 aromatic carbocycles. The topological polar surface area (TPSA) is 58.6 Å². The van der Waals surface area contributed by atoms with E-state index in [1.165, 1.54) is 0 Å². The fourth-order valence-corrected chi connectivity index (χ4v) is 1.85. The van der Waals surface area contributed by atoms with Gasteiger partial charge in [0.15, 0.2) is 0 Å². The van der Waals surface area contributed by atoms with Gasteiger partial charge in [-0.05, 0) is 40.5 Å². The van der Waals surface area contributed by atoms with Crippen LogP contribution in [0.15, 0.2) is 0 Å². The number of ether oxygens (including phenoxy) is 1. The number of likely N-dealkylation sites (N-methyl/N-ethyl adjacent to an activating group) is 1. The monoisotopic (exact) mass is 286 g/mol. The largest absolute Gasteiger partial charge is 0.444 e. The summed E-state index contributed by atoms with van der Waals surface area (Å²) in [5.41, 5.74) is -0.567. The van der Waals surface area contributed by atoms with Crippen LogP contribution in [-0.2, 0) is 9.53 Å². The molecular weight excluding hydrogens is 256 g/mol. The first kappa shape index (κ1) is 18.7. The molecular formula is C15H30N2O3. The van der Waals surface area contributed by atoms with Gasteiger partial charge in [-0.1, -0.05) is 20.3 Å². The summed E-state index contributed by atoms with van der Waals surface area (Å²) >= 11 is 0. The summed E-state index contributed by atoms with van der Waals surface area (Å²) in [6, 6.07) is -0.533. The molecule has 0 aromatic heterocycles. The van der Waals surface area contributed by atoms with Crippen LogP contribution < -0.4 is 5.32 Å².